The lowest BCUT2D eigenvalue weighted by Gasteiger charge is -2.13. The summed E-state index contributed by atoms with van der Waals surface area (Å²) in [7, 11) is 0. The van der Waals surface area contributed by atoms with E-state index in [4.69, 9.17) is 21.7 Å². The van der Waals surface area contributed by atoms with Crippen LogP contribution in [0.4, 0.5) is 0 Å². The van der Waals surface area contributed by atoms with Crippen LogP contribution in [0.5, 0.6) is 11.5 Å². The summed E-state index contributed by atoms with van der Waals surface area (Å²) in [5, 5.41) is 2.48. The number of thiocarbonyl (C=S) groups is 1. The molecule has 3 N–H and O–H groups in total. The van der Waals surface area contributed by atoms with Crippen molar-refractivity contribution in [3.63, 3.8) is 0 Å². The normalized spacial score (nSPS) is 10.2. The standard InChI is InChI=1S/C23H28BrN3O4S/c1-3-5-6-7-14-31-18-11-8-16(9-12-18)21(28)26-27-23(32)25-22(29)19-15-17(24)10-13-20(19)30-4-2/h8-13,15H,3-7,14H2,1-2H3,(H,26,28)(H2,25,27,29,32). The van der Waals surface area contributed by atoms with Gasteiger partial charge in [0.1, 0.15) is 11.5 Å². The van der Waals surface area contributed by atoms with Crippen molar-refractivity contribution in [1.82, 2.24) is 16.2 Å². The highest BCUT2D eigenvalue weighted by molar-refractivity contribution is 9.10. The van der Waals surface area contributed by atoms with Gasteiger partial charge in [-0.05, 0) is 68.0 Å². The highest BCUT2D eigenvalue weighted by atomic mass is 79.9. The zero-order chi connectivity index (χ0) is 23.3. The molecule has 32 heavy (non-hydrogen) atoms. The Bertz CT molecular complexity index is 922. The average molecular weight is 522 g/mol. The van der Waals surface area contributed by atoms with E-state index < -0.39 is 11.8 Å². The smallest absolute Gasteiger partial charge is 0.269 e. The number of unbranched alkanes of at least 4 members (excludes halogenated alkanes) is 3. The van der Waals surface area contributed by atoms with Gasteiger partial charge in [0.2, 0.25) is 0 Å². The summed E-state index contributed by atoms with van der Waals surface area (Å²) < 4.78 is 11.9. The van der Waals surface area contributed by atoms with E-state index in [0.29, 0.717) is 35.8 Å². The van der Waals surface area contributed by atoms with Gasteiger partial charge in [-0.2, -0.15) is 0 Å². The molecule has 0 fully saturated rings. The van der Waals surface area contributed by atoms with Crippen molar-refractivity contribution in [3.8, 4) is 11.5 Å². The third kappa shape index (κ3) is 8.47. The van der Waals surface area contributed by atoms with Crippen molar-refractivity contribution in [3.05, 3.63) is 58.1 Å². The predicted octanol–water partition coefficient (Wildman–Crippen LogP) is 4.76. The fourth-order valence-corrected chi connectivity index (χ4v) is 3.27. The van der Waals surface area contributed by atoms with Crippen molar-refractivity contribution in [2.45, 2.75) is 39.5 Å². The molecule has 0 aliphatic carbocycles. The summed E-state index contributed by atoms with van der Waals surface area (Å²) in [4.78, 5) is 24.9. The molecule has 172 valence electrons. The van der Waals surface area contributed by atoms with E-state index in [-0.39, 0.29) is 5.11 Å². The van der Waals surface area contributed by atoms with Crippen molar-refractivity contribution in [1.29, 1.82) is 0 Å². The average Bonchev–Trinajstić information content (AvgIpc) is 2.79. The summed E-state index contributed by atoms with van der Waals surface area (Å²) in [6.07, 6.45) is 4.54. The Labute approximate surface area is 202 Å². The molecule has 2 amide bonds. The van der Waals surface area contributed by atoms with Gasteiger partial charge in [0, 0.05) is 10.0 Å². The van der Waals surface area contributed by atoms with E-state index in [1.165, 1.54) is 12.8 Å². The third-order valence-electron chi connectivity index (χ3n) is 4.39. The first-order chi connectivity index (χ1) is 15.4. The maximum atomic E-state index is 12.5. The molecule has 0 aliphatic heterocycles. The first-order valence-electron chi connectivity index (χ1n) is 10.5. The maximum Gasteiger partial charge on any atom is 0.269 e. The molecule has 0 atom stereocenters. The van der Waals surface area contributed by atoms with E-state index in [2.05, 4.69) is 39.0 Å². The SMILES string of the molecule is CCCCCCOc1ccc(C(=O)NNC(=S)NC(=O)c2cc(Br)ccc2OCC)cc1. The maximum absolute atomic E-state index is 12.5. The molecule has 0 radical (unpaired) electrons. The Balaban J connectivity index is 1.82. The number of hydrogen-bond acceptors (Lipinski definition) is 5. The van der Waals surface area contributed by atoms with Crippen molar-refractivity contribution in [2.75, 3.05) is 13.2 Å². The van der Waals surface area contributed by atoms with Gasteiger partial charge in [0.15, 0.2) is 5.11 Å². The number of rotatable bonds is 10. The summed E-state index contributed by atoms with van der Waals surface area (Å²) in [5.74, 6) is 0.302. The summed E-state index contributed by atoms with van der Waals surface area (Å²) in [6.45, 7) is 5.08. The lowest BCUT2D eigenvalue weighted by molar-refractivity contribution is 0.0933. The number of benzene rings is 2. The van der Waals surface area contributed by atoms with Crippen LogP contribution in [0.2, 0.25) is 0 Å². The number of carbonyl (C=O) groups excluding carboxylic acids is 2. The molecule has 2 rings (SSSR count). The van der Waals surface area contributed by atoms with Gasteiger partial charge in [-0.1, -0.05) is 42.1 Å². The Hall–Kier alpha value is -2.65. The molecule has 0 saturated carbocycles. The van der Waals surface area contributed by atoms with Crippen LogP contribution in [0, 0.1) is 0 Å². The number of amides is 2. The first-order valence-corrected chi connectivity index (χ1v) is 11.7. The fourth-order valence-electron chi connectivity index (χ4n) is 2.77. The zero-order valence-electron chi connectivity index (χ0n) is 18.2. The van der Waals surface area contributed by atoms with Crippen molar-refractivity contribution in [2.24, 2.45) is 0 Å². The molecule has 2 aromatic rings. The minimum atomic E-state index is -0.457. The highest BCUT2D eigenvalue weighted by Gasteiger charge is 2.15. The second-order valence-corrected chi connectivity index (χ2v) is 8.19. The van der Waals surface area contributed by atoms with Gasteiger partial charge in [0.25, 0.3) is 11.8 Å². The van der Waals surface area contributed by atoms with Gasteiger partial charge in [-0.3, -0.25) is 25.8 Å². The molecule has 0 spiro atoms. The van der Waals surface area contributed by atoms with Gasteiger partial charge < -0.3 is 9.47 Å². The Morgan fingerprint density at radius 3 is 2.38 bits per heavy atom. The molecular formula is C23H28BrN3O4S. The minimum Gasteiger partial charge on any atom is -0.494 e. The highest BCUT2D eigenvalue weighted by Crippen LogP contribution is 2.23. The van der Waals surface area contributed by atoms with Gasteiger partial charge in [-0.25, -0.2) is 0 Å². The molecule has 0 heterocycles. The molecule has 7 nitrogen and oxygen atoms in total. The number of hydrogen-bond donors (Lipinski definition) is 3. The summed E-state index contributed by atoms with van der Waals surface area (Å²) in [5.41, 5.74) is 5.75. The number of ether oxygens (including phenoxy) is 2. The van der Waals surface area contributed by atoms with E-state index in [1.54, 1.807) is 42.5 Å². The Kier molecular flexibility index (Phi) is 11.0. The molecule has 0 aromatic heterocycles. The molecule has 0 bridgehead atoms. The largest absolute Gasteiger partial charge is 0.494 e. The van der Waals surface area contributed by atoms with E-state index >= 15 is 0 Å². The van der Waals surface area contributed by atoms with E-state index in [0.717, 1.165) is 17.3 Å². The quantitative estimate of drug-likeness (QED) is 0.237. The van der Waals surface area contributed by atoms with Crippen LogP contribution >= 0.6 is 28.1 Å². The van der Waals surface area contributed by atoms with Crippen molar-refractivity contribution >= 4 is 45.1 Å². The van der Waals surface area contributed by atoms with Gasteiger partial charge >= 0.3 is 0 Å². The first kappa shape index (κ1) is 25.6. The second kappa shape index (κ2) is 13.7. The molecule has 0 saturated heterocycles. The zero-order valence-corrected chi connectivity index (χ0v) is 20.6. The third-order valence-corrected chi connectivity index (χ3v) is 5.08. The molecule has 0 unspecified atom stereocenters. The van der Waals surface area contributed by atoms with Crippen LogP contribution in [0.1, 0.15) is 60.2 Å². The molecular weight excluding hydrogens is 494 g/mol. The van der Waals surface area contributed by atoms with Crippen molar-refractivity contribution < 1.29 is 19.1 Å². The van der Waals surface area contributed by atoms with Crippen LogP contribution in [-0.4, -0.2) is 30.1 Å². The minimum absolute atomic E-state index is 0.0437. The van der Waals surface area contributed by atoms with Crippen LogP contribution in [-0.2, 0) is 0 Å². The lowest BCUT2D eigenvalue weighted by Crippen LogP contribution is -2.48. The number of hydrazine groups is 1. The topological polar surface area (TPSA) is 88.7 Å². The number of carbonyl (C=O) groups is 2. The Morgan fingerprint density at radius 1 is 0.938 bits per heavy atom. The lowest BCUT2D eigenvalue weighted by atomic mass is 10.2. The van der Waals surface area contributed by atoms with Crippen LogP contribution < -0.4 is 25.6 Å². The molecule has 0 aliphatic rings. The monoisotopic (exact) mass is 521 g/mol. The van der Waals surface area contributed by atoms with Crippen LogP contribution in [0.15, 0.2) is 46.9 Å². The molecule has 9 heteroatoms. The second-order valence-electron chi connectivity index (χ2n) is 6.87. The van der Waals surface area contributed by atoms with Gasteiger partial charge in [0.05, 0.1) is 18.8 Å². The summed E-state index contributed by atoms with van der Waals surface area (Å²) in [6, 6.07) is 11.9. The Morgan fingerprint density at radius 2 is 1.69 bits per heavy atom. The van der Waals surface area contributed by atoms with Crippen LogP contribution in [0.3, 0.4) is 0 Å². The van der Waals surface area contributed by atoms with E-state index in [1.807, 2.05) is 6.92 Å². The number of nitrogens with one attached hydrogen (secondary N) is 3. The van der Waals surface area contributed by atoms with Crippen LogP contribution in [0.25, 0.3) is 0 Å². The van der Waals surface area contributed by atoms with Gasteiger partial charge in [-0.15, -0.1) is 0 Å². The molecule has 2 aromatic carbocycles. The predicted molar refractivity (Wildman–Crippen MR) is 132 cm³/mol. The van der Waals surface area contributed by atoms with E-state index in [9.17, 15) is 9.59 Å². The fraction of sp³-hybridized carbons (Fsp3) is 0.348. The summed E-state index contributed by atoms with van der Waals surface area (Å²) >= 11 is 8.44. The number of halogens is 1.